The maximum absolute atomic E-state index is 11.4. The van der Waals surface area contributed by atoms with Gasteiger partial charge in [-0.15, -0.1) is 0 Å². The van der Waals surface area contributed by atoms with E-state index in [1.807, 2.05) is 32.0 Å². The van der Waals surface area contributed by atoms with Gasteiger partial charge in [-0.1, -0.05) is 11.6 Å². The van der Waals surface area contributed by atoms with Crippen LogP contribution in [0.4, 0.5) is 11.4 Å². The van der Waals surface area contributed by atoms with E-state index in [1.54, 1.807) is 0 Å². The molecule has 116 valence electrons. The monoisotopic (exact) mass is 301 g/mol. The molecule has 1 fully saturated rings. The minimum Gasteiger partial charge on any atom is -0.378 e. The number of hydrogen-bond donors (Lipinski definition) is 1. The fourth-order valence-electron chi connectivity index (χ4n) is 2.92. The first-order valence-electron chi connectivity index (χ1n) is 7.46. The Morgan fingerprint density at radius 1 is 1.45 bits per heavy atom. The van der Waals surface area contributed by atoms with Crippen LogP contribution in [0.5, 0.6) is 0 Å². The van der Waals surface area contributed by atoms with Crippen molar-refractivity contribution >= 4 is 22.3 Å². The molecule has 1 aliphatic heterocycles. The van der Waals surface area contributed by atoms with E-state index >= 15 is 0 Å². The van der Waals surface area contributed by atoms with Gasteiger partial charge in [-0.25, -0.2) is 4.98 Å². The summed E-state index contributed by atoms with van der Waals surface area (Å²) in [6, 6.07) is 5.97. The van der Waals surface area contributed by atoms with Gasteiger partial charge >= 0.3 is 5.69 Å². The van der Waals surface area contributed by atoms with Crippen molar-refractivity contribution in [3.05, 3.63) is 40.1 Å². The average Bonchev–Trinajstić information content (AvgIpc) is 2.47. The molecule has 22 heavy (non-hydrogen) atoms. The van der Waals surface area contributed by atoms with E-state index in [9.17, 15) is 10.1 Å². The number of anilines is 1. The lowest BCUT2D eigenvalue weighted by molar-refractivity contribution is -0.384. The third-order valence-corrected chi connectivity index (χ3v) is 4.03. The number of pyridine rings is 1. The third kappa shape index (κ3) is 2.87. The Morgan fingerprint density at radius 2 is 2.27 bits per heavy atom. The summed E-state index contributed by atoms with van der Waals surface area (Å²) in [6.07, 6.45) is 3.19. The highest BCUT2D eigenvalue weighted by Crippen LogP contribution is 2.34. The number of nitro groups is 1. The summed E-state index contributed by atoms with van der Waals surface area (Å²) in [6.45, 7) is 4.67. The van der Waals surface area contributed by atoms with Crippen LogP contribution in [0.15, 0.2) is 24.4 Å². The van der Waals surface area contributed by atoms with Crippen LogP contribution < -0.4 is 5.32 Å². The van der Waals surface area contributed by atoms with Crippen LogP contribution in [0.2, 0.25) is 0 Å². The van der Waals surface area contributed by atoms with Crippen LogP contribution in [0.25, 0.3) is 10.9 Å². The first-order chi connectivity index (χ1) is 10.5. The van der Waals surface area contributed by atoms with Crippen molar-refractivity contribution in [1.82, 2.24) is 4.98 Å². The molecule has 2 atom stereocenters. The molecule has 0 unspecified atom stereocenters. The molecule has 0 bridgehead atoms. The van der Waals surface area contributed by atoms with E-state index in [1.165, 1.54) is 6.20 Å². The first kappa shape index (κ1) is 14.7. The highest BCUT2D eigenvalue weighted by molar-refractivity contribution is 5.96. The van der Waals surface area contributed by atoms with Gasteiger partial charge < -0.3 is 10.1 Å². The number of aryl methyl sites for hydroxylation is 1. The highest BCUT2D eigenvalue weighted by atomic mass is 16.6. The van der Waals surface area contributed by atoms with Crippen LogP contribution in [-0.4, -0.2) is 28.7 Å². The summed E-state index contributed by atoms with van der Waals surface area (Å²) in [5, 5.41) is 15.5. The van der Waals surface area contributed by atoms with Crippen molar-refractivity contribution < 1.29 is 9.66 Å². The minimum absolute atomic E-state index is 0.0252. The molecule has 1 saturated heterocycles. The van der Waals surface area contributed by atoms with Crippen molar-refractivity contribution in [3.8, 4) is 0 Å². The van der Waals surface area contributed by atoms with E-state index in [-0.39, 0.29) is 22.8 Å². The Morgan fingerprint density at radius 3 is 3.00 bits per heavy atom. The zero-order valence-corrected chi connectivity index (χ0v) is 12.7. The Hall–Kier alpha value is -2.21. The molecule has 0 aliphatic carbocycles. The molecule has 1 aromatic heterocycles. The van der Waals surface area contributed by atoms with E-state index in [0.29, 0.717) is 12.3 Å². The quantitative estimate of drug-likeness (QED) is 0.694. The van der Waals surface area contributed by atoms with Crippen molar-refractivity contribution in [2.45, 2.75) is 38.8 Å². The summed E-state index contributed by atoms with van der Waals surface area (Å²) < 4.78 is 5.54. The molecule has 0 spiro atoms. The molecular formula is C16H19N3O3. The van der Waals surface area contributed by atoms with Gasteiger partial charge in [-0.3, -0.25) is 10.1 Å². The SMILES string of the molecule is Cc1ccc2ncc([N+](=O)[O-])c(N[C@@H]3CCO[C@H](C)C3)c2c1. The van der Waals surface area contributed by atoms with Crippen molar-refractivity contribution in [3.63, 3.8) is 0 Å². The zero-order valence-electron chi connectivity index (χ0n) is 12.7. The number of rotatable bonds is 3. The second-order valence-electron chi connectivity index (χ2n) is 5.84. The molecule has 2 heterocycles. The maximum Gasteiger partial charge on any atom is 0.311 e. The molecule has 0 radical (unpaired) electrons. The molecule has 3 rings (SSSR count). The first-order valence-corrected chi connectivity index (χ1v) is 7.46. The lowest BCUT2D eigenvalue weighted by Crippen LogP contribution is -2.32. The smallest absolute Gasteiger partial charge is 0.311 e. The van der Waals surface area contributed by atoms with E-state index in [0.717, 1.165) is 29.3 Å². The molecule has 2 aromatic rings. The van der Waals surface area contributed by atoms with Gasteiger partial charge in [0, 0.05) is 18.0 Å². The average molecular weight is 301 g/mol. The number of benzene rings is 1. The molecule has 1 aromatic carbocycles. The number of nitrogens with one attached hydrogen (secondary N) is 1. The van der Waals surface area contributed by atoms with Gasteiger partial charge in [0.1, 0.15) is 11.9 Å². The lowest BCUT2D eigenvalue weighted by atomic mass is 10.0. The number of fused-ring (bicyclic) bond motifs is 1. The van der Waals surface area contributed by atoms with Gasteiger partial charge in [0.25, 0.3) is 0 Å². The van der Waals surface area contributed by atoms with Crippen LogP contribution in [0, 0.1) is 17.0 Å². The molecule has 1 N–H and O–H groups in total. The second-order valence-corrected chi connectivity index (χ2v) is 5.84. The Balaban J connectivity index is 2.05. The number of nitrogens with zero attached hydrogens (tertiary/aromatic N) is 2. The summed E-state index contributed by atoms with van der Waals surface area (Å²) in [7, 11) is 0. The predicted octanol–water partition coefficient (Wildman–Crippen LogP) is 3.43. The van der Waals surface area contributed by atoms with Crippen molar-refractivity contribution in [2.75, 3.05) is 11.9 Å². The summed E-state index contributed by atoms with van der Waals surface area (Å²) in [5.74, 6) is 0. The highest BCUT2D eigenvalue weighted by Gasteiger charge is 2.24. The van der Waals surface area contributed by atoms with E-state index in [2.05, 4.69) is 10.3 Å². The molecular weight excluding hydrogens is 282 g/mol. The molecule has 0 saturated carbocycles. The van der Waals surface area contributed by atoms with Gasteiger partial charge in [0.05, 0.1) is 16.5 Å². The van der Waals surface area contributed by atoms with Crippen LogP contribution in [-0.2, 0) is 4.74 Å². The third-order valence-electron chi connectivity index (χ3n) is 4.03. The maximum atomic E-state index is 11.4. The van der Waals surface area contributed by atoms with Crippen LogP contribution >= 0.6 is 0 Å². The Kier molecular flexibility index (Phi) is 3.94. The largest absolute Gasteiger partial charge is 0.378 e. The van der Waals surface area contributed by atoms with Crippen LogP contribution in [0.3, 0.4) is 0 Å². The second kappa shape index (κ2) is 5.88. The topological polar surface area (TPSA) is 77.3 Å². The fraction of sp³-hybridized carbons (Fsp3) is 0.438. The summed E-state index contributed by atoms with van der Waals surface area (Å²) in [4.78, 5) is 15.2. The number of ether oxygens (including phenoxy) is 1. The van der Waals surface area contributed by atoms with Gasteiger partial charge in [-0.2, -0.15) is 0 Å². The van der Waals surface area contributed by atoms with Crippen LogP contribution in [0.1, 0.15) is 25.3 Å². The van der Waals surface area contributed by atoms with Gasteiger partial charge in [0.15, 0.2) is 0 Å². The molecule has 0 amide bonds. The summed E-state index contributed by atoms with van der Waals surface area (Å²) in [5.41, 5.74) is 2.41. The Labute approximate surface area is 128 Å². The van der Waals surface area contributed by atoms with Gasteiger partial charge in [-0.05, 0) is 38.8 Å². The van der Waals surface area contributed by atoms with E-state index < -0.39 is 0 Å². The standard InChI is InChI=1S/C16H19N3O3/c1-10-3-4-14-13(7-10)16(15(9-17-14)19(20)21)18-12-5-6-22-11(2)8-12/h3-4,7,9,11-12H,5-6,8H2,1-2H3,(H,17,18)/t11-,12-/m1/s1. The molecule has 1 aliphatic rings. The lowest BCUT2D eigenvalue weighted by Gasteiger charge is -2.28. The summed E-state index contributed by atoms with van der Waals surface area (Å²) >= 11 is 0. The van der Waals surface area contributed by atoms with Gasteiger partial charge in [0.2, 0.25) is 0 Å². The molecule has 6 heteroatoms. The minimum atomic E-state index is -0.375. The molecule has 6 nitrogen and oxygen atoms in total. The Bertz CT molecular complexity index is 717. The number of aromatic nitrogens is 1. The predicted molar refractivity (Wildman–Crippen MR) is 85.2 cm³/mol. The van der Waals surface area contributed by atoms with E-state index in [4.69, 9.17) is 4.74 Å². The van der Waals surface area contributed by atoms with Crippen molar-refractivity contribution in [1.29, 1.82) is 0 Å². The normalized spacial score (nSPS) is 21.7. The number of hydrogen-bond acceptors (Lipinski definition) is 5. The zero-order chi connectivity index (χ0) is 15.7. The fourth-order valence-corrected chi connectivity index (χ4v) is 2.92. The van der Waals surface area contributed by atoms with Crippen molar-refractivity contribution in [2.24, 2.45) is 0 Å².